The van der Waals surface area contributed by atoms with Crippen molar-refractivity contribution in [2.45, 2.75) is 77.7 Å². The van der Waals surface area contributed by atoms with E-state index < -0.39 is 42.5 Å². The van der Waals surface area contributed by atoms with E-state index in [1.54, 1.807) is 32.9 Å². The molecule has 8 heteroatoms. The van der Waals surface area contributed by atoms with Crippen LogP contribution < -0.4 is 5.46 Å². The summed E-state index contributed by atoms with van der Waals surface area (Å²) in [5, 5.41) is 0. The van der Waals surface area contributed by atoms with Crippen LogP contribution in [0.2, 0.25) is 0 Å². The molecular formula is C20H28BF2NO4. The second-order valence-electron chi connectivity index (χ2n) is 9.55. The van der Waals surface area contributed by atoms with Crippen LogP contribution in [0.3, 0.4) is 0 Å². The number of nitrogens with zero attached hydrogens (tertiary/aromatic N) is 1. The van der Waals surface area contributed by atoms with Gasteiger partial charge in [0.05, 0.1) is 17.7 Å². The van der Waals surface area contributed by atoms with Gasteiger partial charge in [-0.25, -0.2) is 4.79 Å². The fourth-order valence-corrected chi connectivity index (χ4v) is 3.27. The highest BCUT2D eigenvalue weighted by Crippen LogP contribution is 2.39. The molecule has 0 aliphatic carbocycles. The number of ether oxygens (including phenoxy) is 1. The van der Waals surface area contributed by atoms with E-state index in [2.05, 4.69) is 0 Å². The van der Waals surface area contributed by atoms with Gasteiger partial charge in [0.2, 0.25) is 0 Å². The van der Waals surface area contributed by atoms with Crippen LogP contribution in [0, 0.1) is 0 Å². The number of benzene rings is 1. The van der Waals surface area contributed by atoms with Gasteiger partial charge in [-0.3, -0.25) is 4.90 Å². The van der Waals surface area contributed by atoms with Gasteiger partial charge < -0.3 is 14.0 Å². The molecule has 2 aliphatic heterocycles. The van der Waals surface area contributed by atoms with Crippen molar-refractivity contribution in [1.29, 1.82) is 0 Å². The van der Waals surface area contributed by atoms with Gasteiger partial charge in [0.1, 0.15) is 5.60 Å². The second-order valence-corrected chi connectivity index (χ2v) is 9.55. The maximum Gasteiger partial charge on any atom is 0.494 e. The summed E-state index contributed by atoms with van der Waals surface area (Å²) in [6.45, 7) is 12.2. The predicted molar refractivity (Wildman–Crippen MR) is 103 cm³/mol. The van der Waals surface area contributed by atoms with Gasteiger partial charge in [-0.2, -0.15) is 8.78 Å². The number of carbonyl (C=O) groups is 1. The zero-order chi connectivity index (χ0) is 21.1. The quantitative estimate of drug-likeness (QED) is 0.679. The summed E-state index contributed by atoms with van der Waals surface area (Å²) >= 11 is 0. The van der Waals surface area contributed by atoms with Crippen molar-refractivity contribution in [2.24, 2.45) is 0 Å². The first-order valence-corrected chi connectivity index (χ1v) is 9.46. The monoisotopic (exact) mass is 395 g/mol. The van der Waals surface area contributed by atoms with Crippen molar-refractivity contribution >= 4 is 18.7 Å². The van der Waals surface area contributed by atoms with E-state index >= 15 is 0 Å². The molecule has 0 N–H and O–H groups in total. The second kappa shape index (κ2) is 6.42. The zero-order valence-electron chi connectivity index (χ0n) is 17.6. The topological polar surface area (TPSA) is 48.0 Å². The fraction of sp³-hybridized carbons (Fsp3) is 0.650. The summed E-state index contributed by atoms with van der Waals surface area (Å²) in [6.07, 6.45) is -0.751. The molecule has 0 spiro atoms. The van der Waals surface area contributed by atoms with E-state index in [1.807, 2.05) is 27.7 Å². The Morgan fingerprint density at radius 3 is 2.25 bits per heavy atom. The van der Waals surface area contributed by atoms with Gasteiger partial charge in [0.25, 0.3) is 5.92 Å². The first kappa shape index (κ1) is 21.1. The Morgan fingerprint density at radius 2 is 1.71 bits per heavy atom. The summed E-state index contributed by atoms with van der Waals surface area (Å²) in [6, 6.07) is 4.65. The first-order chi connectivity index (χ1) is 12.6. The molecular weight excluding hydrogens is 367 g/mol. The molecule has 2 aliphatic rings. The smallest absolute Gasteiger partial charge is 0.444 e. The largest absolute Gasteiger partial charge is 0.494 e. The van der Waals surface area contributed by atoms with E-state index in [-0.39, 0.29) is 12.1 Å². The minimum Gasteiger partial charge on any atom is -0.444 e. The summed E-state index contributed by atoms with van der Waals surface area (Å²) in [4.78, 5) is 13.4. The molecule has 28 heavy (non-hydrogen) atoms. The Morgan fingerprint density at radius 1 is 1.14 bits per heavy atom. The van der Waals surface area contributed by atoms with Crippen LogP contribution in [0.1, 0.15) is 59.6 Å². The molecule has 0 aromatic heterocycles. The molecule has 3 rings (SSSR count). The number of carbonyl (C=O) groups excluding carboxylic acids is 1. The Balaban J connectivity index is 1.89. The van der Waals surface area contributed by atoms with Crippen LogP contribution >= 0.6 is 0 Å². The number of amides is 1. The molecule has 0 bridgehead atoms. The van der Waals surface area contributed by atoms with Crippen molar-refractivity contribution in [2.75, 3.05) is 6.54 Å². The van der Waals surface area contributed by atoms with Crippen LogP contribution in [-0.4, -0.2) is 41.5 Å². The van der Waals surface area contributed by atoms with Crippen LogP contribution in [-0.2, 0) is 26.5 Å². The van der Waals surface area contributed by atoms with E-state index in [0.29, 0.717) is 11.0 Å². The summed E-state index contributed by atoms with van der Waals surface area (Å²) in [7, 11) is -0.652. The third-order valence-corrected chi connectivity index (χ3v) is 5.45. The molecule has 1 fully saturated rings. The highest BCUT2D eigenvalue weighted by molar-refractivity contribution is 6.62. The van der Waals surface area contributed by atoms with Gasteiger partial charge in [0, 0.05) is 12.1 Å². The van der Waals surface area contributed by atoms with Crippen molar-refractivity contribution in [1.82, 2.24) is 4.90 Å². The van der Waals surface area contributed by atoms with Gasteiger partial charge in [-0.05, 0) is 59.5 Å². The number of halogens is 2. The Bertz CT molecular complexity index is 773. The van der Waals surface area contributed by atoms with E-state index in [0.717, 1.165) is 4.90 Å². The third kappa shape index (κ3) is 3.89. The van der Waals surface area contributed by atoms with E-state index in [1.165, 1.54) is 6.07 Å². The maximum absolute atomic E-state index is 14.7. The lowest BCUT2D eigenvalue weighted by molar-refractivity contribution is -0.0591. The molecule has 0 saturated carbocycles. The average Bonchev–Trinajstić information content (AvgIpc) is 2.72. The maximum atomic E-state index is 14.7. The molecule has 1 saturated heterocycles. The van der Waals surface area contributed by atoms with Crippen LogP contribution in [0.5, 0.6) is 0 Å². The molecule has 0 radical (unpaired) electrons. The minimum atomic E-state index is -3.15. The third-order valence-electron chi connectivity index (χ3n) is 5.45. The number of alkyl halides is 2. The predicted octanol–water partition coefficient (Wildman–Crippen LogP) is 3.83. The van der Waals surface area contributed by atoms with Crippen LogP contribution in [0.15, 0.2) is 18.2 Å². The summed E-state index contributed by atoms with van der Waals surface area (Å²) < 4.78 is 46.7. The SMILES string of the molecule is CC(C)(C)OC(=O)N1Cc2cc(B3OC(C)(C)C(C)(C)O3)ccc2C(F)(F)C1. The van der Waals surface area contributed by atoms with Gasteiger partial charge in [-0.1, -0.05) is 18.2 Å². The molecule has 5 nitrogen and oxygen atoms in total. The average molecular weight is 395 g/mol. The van der Waals surface area contributed by atoms with Gasteiger partial charge in [0.15, 0.2) is 0 Å². The van der Waals surface area contributed by atoms with Crippen molar-refractivity contribution in [3.05, 3.63) is 29.3 Å². The molecule has 1 aromatic carbocycles. The molecule has 1 amide bonds. The number of hydrogen-bond donors (Lipinski definition) is 0. The standard InChI is InChI=1S/C20H28BF2NO4/c1-17(2,3)26-16(25)24-11-13-10-14(8-9-15(13)20(22,23)12-24)21-27-18(4,5)19(6,7)28-21/h8-10H,11-12H2,1-7H3. The molecule has 0 unspecified atom stereocenters. The molecule has 0 atom stereocenters. The summed E-state index contributed by atoms with van der Waals surface area (Å²) in [5.74, 6) is -3.15. The lowest BCUT2D eigenvalue weighted by Gasteiger charge is -2.35. The van der Waals surface area contributed by atoms with Gasteiger partial charge in [-0.15, -0.1) is 0 Å². The fourth-order valence-electron chi connectivity index (χ4n) is 3.27. The molecule has 1 aromatic rings. The van der Waals surface area contributed by atoms with Crippen molar-refractivity contribution in [3.63, 3.8) is 0 Å². The van der Waals surface area contributed by atoms with Crippen molar-refractivity contribution < 1.29 is 27.6 Å². The zero-order valence-corrected chi connectivity index (χ0v) is 17.6. The van der Waals surface area contributed by atoms with Gasteiger partial charge >= 0.3 is 13.2 Å². The normalized spacial score (nSPS) is 22.8. The van der Waals surface area contributed by atoms with Crippen molar-refractivity contribution in [3.8, 4) is 0 Å². The first-order valence-electron chi connectivity index (χ1n) is 9.46. The Hall–Kier alpha value is -1.67. The molecule has 2 heterocycles. The Labute approximate surface area is 165 Å². The minimum absolute atomic E-state index is 0.0488. The van der Waals surface area contributed by atoms with Crippen LogP contribution in [0.25, 0.3) is 0 Å². The molecule has 154 valence electrons. The number of hydrogen-bond acceptors (Lipinski definition) is 4. The highest BCUT2D eigenvalue weighted by Gasteiger charge is 2.52. The number of rotatable bonds is 1. The number of fused-ring (bicyclic) bond motifs is 1. The Kier molecular flexibility index (Phi) is 4.83. The van der Waals surface area contributed by atoms with E-state index in [4.69, 9.17) is 14.0 Å². The lowest BCUT2D eigenvalue weighted by Crippen LogP contribution is -2.46. The lowest BCUT2D eigenvalue weighted by atomic mass is 9.77. The highest BCUT2D eigenvalue weighted by atomic mass is 19.3. The summed E-state index contributed by atoms with van der Waals surface area (Å²) in [5.41, 5.74) is -0.863. The van der Waals surface area contributed by atoms with Crippen LogP contribution in [0.4, 0.5) is 13.6 Å². The van der Waals surface area contributed by atoms with E-state index in [9.17, 15) is 13.6 Å².